The van der Waals surface area contributed by atoms with Crippen molar-refractivity contribution >= 4 is 22.8 Å². The number of aromatic nitrogens is 4. The van der Waals surface area contributed by atoms with Crippen molar-refractivity contribution in [3.05, 3.63) is 17.8 Å². The summed E-state index contributed by atoms with van der Waals surface area (Å²) in [5.41, 5.74) is -1.20. The van der Waals surface area contributed by atoms with Crippen LogP contribution in [0.1, 0.15) is 20.1 Å². The van der Waals surface area contributed by atoms with E-state index in [1.54, 1.807) is 6.92 Å². The molecule has 2 aromatic heterocycles. The van der Waals surface area contributed by atoms with Crippen molar-refractivity contribution in [1.29, 1.82) is 0 Å². The van der Waals surface area contributed by atoms with E-state index in [0.717, 1.165) is 0 Å². The molecular weight excluding hydrogens is 275 g/mol. The fourth-order valence-corrected chi connectivity index (χ4v) is 2.53. The van der Waals surface area contributed by atoms with Gasteiger partial charge in [0.25, 0.3) is 0 Å². The standard InChI is InChI=1S/C11H12ClFN4O2/c1-5-7(18)11(2,13)10(19-5)17-4-16-6-8(12)14-3-15-9(6)17/h3-5,7,10,18H,1-2H3/t5?,7?,10-,11+/m1/s1. The van der Waals surface area contributed by atoms with E-state index in [1.807, 2.05) is 0 Å². The number of alkyl halides is 1. The van der Waals surface area contributed by atoms with Gasteiger partial charge in [-0.25, -0.2) is 19.3 Å². The molecule has 19 heavy (non-hydrogen) atoms. The second kappa shape index (κ2) is 4.09. The minimum Gasteiger partial charge on any atom is -0.387 e. The van der Waals surface area contributed by atoms with E-state index in [4.69, 9.17) is 16.3 Å². The van der Waals surface area contributed by atoms with Crippen molar-refractivity contribution in [2.75, 3.05) is 0 Å². The largest absolute Gasteiger partial charge is 0.387 e. The van der Waals surface area contributed by atoms with Gasteiger partial charge in [0.15, 0.2) is 22.7 Å². The van der Waals surface area contributed by atoms with Gasteiger partial charge in [-0.2, -0.15) is 0 Å². The molecule has 1 fully saturated rings. The van der Waals surface area contributed by atoms with Crippen molar-refractivity contribution in [3.63, 3.8) is 0 Å². The van der Waals surface area contributed by atoms with Gasteiger partial charge in [0.2, 0.25) is 0 Å². The number of rotatable bonds is 1. The Bertz CT molecular complexity index is 632. The zero-order chi connectivity index (χ0) is 13.8. The summed E-state index contributed by atoms with van der Waals surface area (Å²) < 4.78 is 21.5. The lowest BCUT2D eigenvalue weighted by atomic mass is 9.99. The highest BCUT2D eigenvalue weighted by molar-refractivity contribution is 6.33. The van der Waals surface area contributed by atoms with Crippen LogP contribution in [0.4, 0.5) is 4.39 Å². The molecule has 0 aliphatic carbocycles. The van der Waals surface area contributed by atoms with Gasteiger partial charge in [-0.3, -0.25) is 4.57 Å². The first-order valence-corrected chi connectivity index (χ1v) is 6.16. The van der Waals surface area contributed by atoms with Crippen molar-refractivity contribution < 1.29 is 14.2 Å². The highest BCUT2D eigenvalue weighted by Gasteiger charge is 2.53. The van der Waals surface area contributed by atoms with E-state index >= 15 is 0 Å². The van der Waals surface area contributed by atoms with Crippen LogP contribution in [0.15, 0.2) is 12.7 Å². The maximum absolute atomic E-state index is 14.6. The Labute approximate surface area is 113 Å². The Kier molecular flexibility index (Phi) is 2.74. The van der Waals surface area contributed by atoms with Crippen molar-refractivity contribution in [2.24, 2.45) is 0 Å². The van der Waals surface area contributed by atoms with Crippen molar-refractivity contribution in [3.8, 4) is 0 Å². The zero-order valence-corrected chi connectivity index (χ0v) is 11.0. The molecule has 2 unspecified atom stereocenters. The summed E-state index contributed by atoms with van der Waals surface area (Å²) in [4.78, 5) is 11.9. The monoisotopic (exact) mass is 286 g/mol. The molecule has 0 aromatic carbocycles. The number of halogens is 2. The number of ether oxygens (including phenoxy) is 1. The number of hydrogen-bond donors (Lipinski definition) is 1. The van der Waals surface area contributed by atoms with Crippen LogP contribution >= 0.6 is 11.6 Å². The summed E-state index contributed by atoms with van der Waals surface area (Å²) >= 11 is 5.89. The molecule has 102 valence electrons. The van der Waals surface area contributed by atoms with Gasteiger partial charge >= 0.3 is 0 Å². The third-order valence-corrected chi connectivity index (χ3v) is 3.69. The molecule has 1 N–H and O–H groups in total. The maximum Gasteiger partial charge on any atom is 0.181 e. The first-order valence-electron chi connectivity index (χ1n) is 5.78. The molecule has 1 aliphatic heterocycles. The van der Waals surface area contributed by atoms with Crippen LogP contribution in [0.25, 0.3) is 11.2 Å². The number of fused-ring (bicyclic) bond motifs is 1. The summed E-state index contributed by atoms with van der Waals surface area (Å²) in [6.45, 7) is 2.91. The number of aliphatic hydroxyl groups excluding tert-OH is 1. The maximum atomic E-state index is 14.6. The van der Waals surface area contributed by atoms with E-state index in [9.17, 15) is 9.50 Å². The normalized spacial score (nSPS) is 35.1. The van der Waals surface area contributed by atoms with E-state index in [1.165, 1.54) is 24.1 Å². The molecular formula is C11H12ClFN4O2. The first kappa shape index (κ1) is 12.7. The fourth-order valence-electron chi connectivity index (χ4n) is 2.35. The second-order valence-electron chi connectivity index (χ2n) is 4.78. The van der Waals surface area contributed by atoms with E-state index in [2.05, 4.69) is 15.0 Å². The predicted octanol–water partition coefficient (Wildman–Crippen LogP) is 1.49. The molecule has 3 rings (SSSR count). The summed E-state index contributed by atoms with van der Waals surface area (Å²) in [7, 11) is 0. The van der Waals surface area contributed by atoms with Crippen LogP contribution in [-0.4, -0.2) is 42.5 Å². The molecule has 6 nitrogen and oxygen atoms in total. The van der Waals surface area contributed by atoms with Crippen LogP contribution in [0.2, 0.25) is 5.15 Å². The van der Waals surface area contributed by atoms with Gasteiger partial charge in [0.1, 0.15) is 17.9 Å². The average molecular weight is 287 g/mol. The van der Waals surface area contributed by atoms with Crippen LogP contribution < -0.4 is 0 Å². The Morgan fingerprint density at radius 1 is 1.47 bits per heavy atom. The van der Waals surface area contributed by atoms with Gasteiger partial charge in [0.05, 0.1) is 12.4 Å². The second-order valence-corrected chi connectivity index (χ2v) is 5.14. The Morgan fingerprint density at radius 2 is 2.21 bits per heavy atom. The molecule has 2 aromatic rings. The van der Waals surface area contributed by atoms with Crippen molar-refractivity contribution in [2.45, 2.75) is 38.0 Å². The number of nitrogens with zero attached hydrogens (tertiary/aromatic N) is 4. The molecule has 1 aliphatic rings. The molecule has 0 bridgehead atoms. The number of aliphatic hydroxyl groups is 1. The Hall–Kier alpha value is -1.31. The summed E-state index contributed by atoms with van der Waals surface area (Å²) in [6, 6.07) is 0. The Balaban J connectivity index is 2.13. The Morgan fingerprint density at radius 3 is 2.84 bits per heavy atom. The third kappa shape index (κ3) is 1.73. The van der Waals surface area contributed by atoms with Crippen LogP contribution in [-0.2, 0) is 4.74 Å². The molecule has 0 amide bonds. The SMILES string of the molecule is CC1O[C@@H](n2cnc3c(Cl)ncnc32)[C@@](C)(F)C1O. The molecule has 4 atom stereocenters. The molecule has 1 saturated heterocycles. The summed E-state index contributed by atoms with van der Waals surface area (Å²) in [5.74, 6) is 0. The molecule has 3 heterocycles. The first-order chi connectivity index (χ1) is 8.93. The summed E-state index contributed by atoms with van der Waals surface area (Å²) in [6.07, 6.45) is -0.179. The number of hydrogen-bond acceptors (Lipinski definition) is 5. The smallest absolute Gasteiger partial charge is 0.181 e. The van der Waals surface area contributed by atoms with Gasteiger partial charge in [0, 0.05) is 0 Å². The van der Waals surface area contributed by atoms with Gasteiger partial charge < -0.3 is 9.84 Å². The van der Waals surface area contributed by atoms with Crippen LogP contribution in [0.5, 0.6) is 0 Å². The minimum atomic E-state index is -1.94. The lowest BCUT2D eigenvalue weighted by Gasteiger charge is -2.24. The highest BCUT2D eigenvalue weighted by atomic mass is 35.5. The van der Waals surface area contributed by atoms with Gasteiger partial charge in [-0.1, -0.05) is 11.6 Å². The quantitative estimate of drug-likeness (QED) is 0.804. The number of imidazole rings is 1. The predicted molar refractivity (Wildman–Crippen MR) is 65.4 cm³/mol. The minimum absolute atomic E-state index is 0.191. The molecule has 8 heteroatoms. The van der Waals surface area contributed by atoms with Crippen LogP contribution in [0.3, 0.4) is 0 Å². The summed E-state index contributed by atoms with van der Waals surface area (Å²) in [5, 5.41) is 10.0. The lowest BCUT2D eigenvalue weighted by molar-refractivity contribution is -0.0423. The topological polar surface area (TPSA) is 73.1 Å². The van der Waals surface area contributed by atoms with Crippen LogP contribution in [0, 0.1) is 0 Å². The molecule has 0 spiro atoms. The highest BCUT2D eigenvalue weighted by Crippen LogP contribution is 2.42. The van der Waals surface area contributed by atoms with E-state index in [-0.39, 0.29) is 5.15 Å². The van der Waals surface area contributed by atoms with E-state index < -0.39 is 24.1 Å². The lowest BCUT2D eigenvalue weighted by Crippen LogP contribution is -2.38. The van der Waals surface area contributed by atoms with Gasteiger partial charge in [-0.05, 0) is 13.8 Å². The molecule has 0 saturated carbocycles. The fraction of sp³-hybridized carbons (Fsp3) is 0.545. The van der Waals surface area contributed by atoms with Crippen molar-refractivity contribution in [1.82, 2.24) is 19.5 Å². The zero-order valence-electron chi connectivity index (χ0n) is 10.3. The average Bonchev–Trinajstić information content (AvgIpc) is 2.86. The van der Waals surface area contributed by atoms with Gasteiger partial charge in [-0.15, -0.1) is 0 Å². The van der Waals surface area contributed by atoms with E-state index in [0.29, 0.717) is 11.2 Å². The molecule has 0 radical (unpaired) electrons. The third-order valence-electron chi connectivity index (χ3n) is 3.42.